The zero-order valence-electron chi connectivity index (χ0n) is 17.7. The molecule has 3 aromatic carbocycles. The van der Waals surface area contributed by atoms with Gasteiger partial charge in [0.25, 0.3) is 0 Å². The second-order valence-corrected chi connectivity index (χ2v) is 11.7. The molecule has 0 fully saturated rings. The summed E-state index contributed by atoms with van der Waals surface area (Å²) in [6.07, 6.45) is -9.27. The lowest BCUT2D eigenvalue weighted by molar-refractivity contribution is -0.138. The zero-order chi connectivity index (χ0) is 25.8. The smallest absolute Gasteiger partial charge is 0.416 e. The van der Waals surface area contributed by atoms with Gasteiger partial charge in [0, 0.05) is 36.9 Å². The molecule has 0 spiro atoms. The Morgan fingerprint density at radius 2 is 1.31 bits per heavy atom. The summed E-state index contributed by atoms with van der Waals surface area (Å²) in [7, 11) is -0.939. The molecule has 5 aromatic rings. The maximum Gasteiger partial charge on any atom is 0.416 e. The second-order valence-electron chi connectivity index (χ2n) is 7.68. The Balaban J connectivity index is 1.62. The van der Waals surface area contributed by atoms with E-state index in [0.717, 1.165) is 27.8 Å². The Hall–Kier alpha value is -2.64. The first-order valence-corrected chi connectivity index (χ1v) is 13.3. The average molecular weight is 649 g/mol. The van der Waals surface area contributed by atoms with Crippen molar-refractivity contribution in [3.8, 4) is 10.6 Å². The van der Waals surface area contributed by atoms with E-state index in [1.165, 1.54) is 23.5 Å². The monoisotopic (exact) mass is 649 g/mol. The molecule has 2 aromatic heterocycles. The van der Waals surface area contributed by atoms with E-state index in [9.17, 15) is 31.1 Å². The summed E-state index contributed by atoms with van der Waals surface area (Å²) >= 11 is 3.28. The van der Waals surface area contributed by atoms with E-state index < -0.39 is 39.9 Å². The standard InChI is InChI=1S/C25H12F6IO2S2/c26-24(27,28)13-1-7-20-17(11-13)18-12-14(25(29,30)31)2-8-21(18)36(20)16-5-3-15(4-6-16)34-23(33)22-19(32)9-10-35-22/h1-12H/q+1. The Kier molecular flexibility index (Phi) is 6.28. The highest BCUT2D eigenvalue weighted by Crippen LogP contribution is 2.50. The van der Waals surface area contributed by atoms with E-state index >= 15 is 0 Å². The number of carbonyl (C=O) groups is 1. The molecule has 0 atom stereocenters. The predicted molar refractivity (Wildman–Crippen MR) is 137 cm³/mol. The number of esters is 1. The summed E-state index contributed by atoms with van der Waals surface area (Å²) in [6, 6.07) is 14.6. The molecule has 0 saturated carbocycles. The quantitative estimate of drug-likeness (QED) is 0.0640. The van der Waals surface area contributed by atoms with Gasteiger partial charge in [0.05, 0.1) is 11.1 Å². The Bertz CT molecular complexity index is 1540. The molecular formula is C25H12F6IO2S2+. The SMILES string of the molecule is O=C(Oc1ccc(-[s+]2c3ccc(C(F)(F)F)cc3c3cc(C(F)(F)F)ccc32)cc1)c1sccc1I. The highest BCUT2D eigenvalue weighted by Gasteiger charge is 2.35. The number of thiophene rings is 2. The van der Waals surface area contributed by atoms with E-state index in [-0.39, 0.29) is 16.5 Å². The first-order valence-electron chi connectivity index (χ1n) is 10.2. The summed E-state index contributed by atoms with van der Waals surface area (Å²) in [6.45, 7) is 0. The van der Waals surface area contributed by atoms with Crippen LogP contribution >= 0.6 is 44.4 Å². The molecule has 184 valence electrons. The van der Waals surface area contributed by atoms with E-state index in [0.29, 0.717) is 19.2 Å². The highest BCUT2D eigenvalue weighted by atomic mass is 127. The van der Waals surface area contributed by atoms with E-state index in [1.54, 1.807) is 35.7 Å². The van der Waals surface area contributed by atoms with Crippen molar-refractivity contribution < 1.29 is 35.9 Å². The molecule has 0 amide bonds. The lowest BCUT2D eigenvalue weighted by Crippen LogP contribution is -2.07. The molecule has 0 saturated heterocycles. The van der Waals surface area contributed by atoms with Crippen LogP contribution in [-0.2, 0) is 12.4 Å². The van der Waals surface area contributed by atoms with Crippen LogP contribution in [0.25, 0.3) is 25.1 Å². The Morgan fingerprint density at radius 3 is 1.75 bits per heavy atom. The summed E-state index contributed by atoms with van der Waals surface area (Å²) in [5, 5.41) is 2.01. The molecule has 11 heteroatoms. The molecule has 0 aliphatic carbocycles. The van der Waals surface area contributed by atoms with Crippen molar-refractivity contribution in [3.63, 3.8) is 0 Å². The van der Waals surface area contributed by atoms with Crippen LogP contribution in [0.3, 0.4) is 0 Å². The summed E-state index contributed by atoms with van der Waals surface area (Å²) in [4.78, 5) is 13.5. The maximum absolute atomic E-state index is 13.4. The van der Waals surface area contributed by atoms with Gasteiger partial charge in [0.15, 0.2) is 14.3 Å². The van der Waals surface area contributed by atoms with Crippen molar-refractivity contribution >= 4 is 70.5 Å². The van der Waals surface area contributed by atoms with Crippen molar-refractivity contribution in [2.75, 3.05) is 0 Å². The number of rotatable bonds is 3. The van der Waals surface area contributed by atoms with Gasteiger partial charge in [-0.15, -0.1) is 11.3 Å². The van der Waals surface area contributed by atoms with Crippen molar-refractivity contribution in [3.05, 3.63) is 91.7 Å². The molecule has 0 N–H and O–H groups in total. The third-order valence-electron chi connectivity index (χ3n) is 5.42. The molecule has 2 heterocycles. The van der Waals surface area contributed by atoms with Crippen LogP contribution in [0.15, 0.2) is 72.1 Å². The van der Waals surface area contributed by atoms with E-state index in [1.807, 2.05) is 22.6 Å². The molecule has 0 radical (unpaired) electrons. The van der Waals surface area contributed by atoms with Crippen LogP contribution < -0.4 is 4.74 Å². The minimum atomic E-state index is -4.63. The first-order chi connectivity index (χ1) is 16.9. The van der Waals surface area contributed by atoms with Gasteiger partial charge in [-0.2, -0.15) is 26.3 Å². The number of carbonyl (C=O) groups excluding carboxylic acids is 1. The number of fused-ring (bicyclic) bond motifs is 3. The highest BCUT2D eigenvalue weighted by molar-refractivity contribution is 14.1. The van der Waals surface area contributed by atoms with Gasteiger partial charge >= 0.3 is 18.3 Å². The van der Waals surface area contributed by atoms with Gasteiger partial charge in [-0.3, -0.25) is 0 Å². The predicted octanol–water partition coefficient (Wildman–Crippen LogP) is 9.65. The van der Waals surface area contributed by atoms with Crippen molar-refractivity contribution in [1.82, 2.24) is 0 Å². The summed E-state index contributed by atoms with van der Waals surface area (Å²) < 4.78 is 87.4. The van der Waals surface area contributed by atoms with Gasteiger partial charge in [-0.05, 0) is 82.6 Å². The number of hydrogen-bond acceptors (Lipinski definition) is 3. The number of alkyl halides is 6. The minimum Gasteiger partial charge on any atom is -0.422 e. The van der Waals surface area contributed by atoms with Crippen molar-refractivity contribution in [2.24, 2.45) is 0 Å². The molecule has 0 bridgehead atoms. The van der Waals surface area contributed by atoms with Crippen LogP contribution in [0.1, 0.15) is 20.8 Å². The Morgan fingerprint density at radius 1 is 0.778 bits per heavy atom. The van der Waals surface area contributed by atoms with Gasteiger partial charge in [-0.25, -0.2) is 4.79 Å². The molecule has 0 unspecified atom stereocenters. The number of benzene rings is 3. The zero-order valence-corrected chi connectivity index (χ0v) is 21.5. The molecular weight excluding hydrogens is 637 g/mol. The number of ether oxygens (including phenoxy) is 1. The van der Waals surface area contributed by atoms with E-state index in [4.69, 9.17) is 4.74 Å². The Labute approximate surface area is 220 Å². The maximum atomic E-state index is 13.4. The van der Waals surface area contributed by atoms with Crippen LogP contribution in [0.4, 0.5) is 26.3 Å². The van der Waals surface area contributed by atoms with Crippen LogP contribution in [-0.4, -0.2) is 5.97 Å². The van der Waals surface area contributed by atoms with Crippen molar-refractivity contribution in [2.45, 2.75) is 12.4 Å². The number of halogens is 7. The molecule has 0 aliphatic heterocycles. The average Bonchev–Trinajstić information content (AvgIpc) is 3.39. The van der Waals surface area contributed by atoms with Gasteiger partial charge < -0.3 is 4.74 Å². The molecule has 36 heavy (non-hydrogen) atoms. The van der Waals surface area contributed by atoms with Crippen LogP contribution in [0, 0.1) is 3.57 Å². The third kappa shape index (κ3) is 4.59. The largest absolute Gasteiger partial charge is 0.422 e. The van der Waals surface area contributed by atoms with Crippen LogP contribution in [0.2, 0.25) is 0 Å². The number of hydrogen-bond donors (Lipinski definition) is 0. The summed E-state index contributed by atoms with van der Waals surface area (Å²) in [5.41, 5.74) is -1.86. The fourth-order valence-electron chi connectivity index (χ4n) is 3.80. The summed E-state index contributed by atoms with van der Waals surface area (Å²) in [5.74, 6) is -0.239. The van der Waals surface area contributed by atoms with Gasteiger partial charge in [-0.1, -0.05) is 0 Å². The molecule has 5 rings (SSSR count). The lowest BCUT2D eigenvalue weighted by Gasteiger charge is -2.06. The lowest BCUT2D eigenvalue weighted by atomic mass is 10.1. The van der Waals surface area contributed by atoms with Crippen molar-refractivity contribution in [1.29, 1.82) is 0 Å². The molecule has 0 aliphatic rings. The minimum absolute atomic E-state index is 0.122. The topological polar surface area (TPSA) is 26.3 Å². The third-order valence-corrected chi connectivity index (χ3v) is 9.91. The molecule has 2 nitrogen and oxygen atoms in total. The fourth-order valence-corrected chi connectivity index (χ4v) is 7.82. The van der Waals surface area contributed by atoms with Crippen LogP contribution in [0.5, 0.6) is 5.75 Å². The van der Waals surface area contributed by atoms with Gasteiger partial charge in [0.2, 0.25) is 0 Å². The second kappa shape index (κ2) is 9.03. The fraction of sp³-hybridized carbons (Fsp3) is 0.0800. The van der Waals surface area contributed by atoms with Gasteiger partial charge in [0.1, 0.15) is 10.6 Å². The normalized spacial score (nSPS) is 12.4. The first kappa shape index (κ1) is 25.0. The van der Waals surface area contributed by atoms with E-state index in [2.05, 4.69) is 0 Å².